The zero-order chi connectivity index (χ0) is 18.6. The number of ether oxygens (including phenoxy) is 1. The van der Waals surface area contributed by atoms with Crippen LogP contribution in [0, 0.1) is 0 Å². The summed E-state index contributed by atoms with van der Waals surface area (Å²) in [6.45, 7) is 8.81. The highest BCUT2D eigenvalue weighted by Crippen LogP contribution is 2.19. The van der Waals surface area contributed by atoms with Gasteiger partial charge in [0.15, 0.2) is 0 Å². The Morgan fingerprint density at radius 3 is 2.69 bits per heavy atom. The van der Waals surface area contributed by atoms with Gasteiger partial charge in [0.25, 0.3) is 0 Å². The number of nitrogens with zero attached hydrogens (tertiary/aromatic N) is 2. The molecule has 0 unspecified atom stereocenters. The third kappa shape index (κ3) is 5.30. The van der Waals surface area contributed by atoms with Crippen LogP contribution in [-0.4, -0.2) is 28.1 Å². The molecule has 3 rings (SSSR count). The molecule has 1 aromatic carbocycles. The average Bonchev–Trinajstić information content (AvgIpc) is 2.59. The minimum atomic E-state index is -0.490. The average molecular weight is 353 g/mol. The van der Waals surface area contributed by atoms with Gasteiger partial charge in [-0.3, -0.25) is 9.88 Å². The molecule has 1 aromatic heterocycles. The molecule has 2 heterocycles. The zero-order valence-corrected chi connectivity index (χ0v) is 15.8. The highest BCUT2D eigenvalue weighted by Gasteiger charge is 2.19. The van der Waals surface area contributed by atoms with Crippen LogP contribution in [0.5, 0.6) is 0 Å². The van der Waals surface area contributed by atoms with Crippen molar-refractivity contribution in [3.63, 3.8) is 0 Å². The summed E-state index contributed by atoms with van der Waals surface area (Å²) in [6, 6.07) is 14.7. The maximum absolute atomic E-state index is 11.8. The smallest absolute Gasteiger partial charge is 0.407 e. The third-order valence-corrected chi connectivity index (χ3v) is 4.25. The molecular weight excluding hydrogens is 326 g/mol. The maximum atomic E-state index is 11.8. The van der Waals surface area contributed by atoms with Crippen molar-refractivity contribution in [2.24, 2.45) is 0 Å². The lowest BCUT2D eigenvalue weighted by Gasteiger charge is -2.28. The first kappa shape index (κ1) is 18.4. The fourth-order valence-electron chi connectivity index (χ4n) is 3.07. The molecule has 0 fully saturated rings. The van der Waals surface area contributed by atoms with Crippen LogP contribution in [0.15, 0.2) is 42.5 Å². The van der Waals surface area contributed by atoms with Crippen LogP contribution in [-0.2, 0) is 30.8 Å². The molecule has 26 heavy (non-hydrogen) atoms. The molecule has 0 saturated heterocycles. The number of benzene rings is 1. The number of alkyl carbamates (subject to hydrolysis) is 1. The van der Waals surface area contributed by atoms with Gasteiger partial charge in [0.2, 0.25) is 0 Å². The van der Waals surface area contributed by atoms with Crippen LogP contribution >= 0.6 is 0 Å². The summed E-state index contributed by atoms with van der Waals surface area (Å²) in [6.07, 6.45) is 0.522. The summed E-state index contributed by atoms with van der Waals surface area (Å²) < 4.78 is 5.26. The summed E-state index contributed by atoms with van der Waals surface area (Å²) in [5.41, 5.74) is 4.12. The van der Waals surface area contributed by atoms with Gasteiger partial charge in [0, 0.05) is 31.7 Å². The molecule has 0 aliphatic carbocycles. The Kier molecular flexibility index (Phi) is 5.57. The molecule has 1 amide bonds. The quantitative estimate of drug-likeness (QED) is 0.911. The molecule has 0 spiro atoms. The number of amides is 1. The highest BCUT2D eigenvalue weighted by molar-refractivity contribution is 5.67. The standard InChI is InChI=1S/C21H27N3O2/c1-21(2,3)26-20(25)22-13-18-10-9-17-15-24(12-11-19(17)23-18)14-16-7-5-4-6-8-16/h4-10H,11-15H2,1-3H3,(H,22,25). The molecular formula is C21H27N3O2. The second-order valence-electron chi connectivity index (χ2n) is 7.71. The fraction of sp³-hybridized carbons (Fsp3) is 0.429. The Hall–Kier alpha value is -2.40. The van der Waals surface area contributed by atoms with Gasteiger partial charge in [-0.15, -0.1) is 0 Å². The predicted molar refractivity (Wildman–Crippen MR) is 102 cm³/mol. The predicted octanol–water partition coefficient (Wildman–Crippen LogP) is 3.66. The number of aromatic nitrogens is 1. The number of nitrogens with one attached hydrogen (secondary N) is 1. The van der Waals surface area contributed by atoms with Crippen molar-refractivity contribution in [1.29, 1.82) is 0 Å². The highest BCUT2D eigenvalue weighted by atomic mass is 16.6. The number of pyridine rings is 1. The lowest BCUT2D eigenvalue weighted by atomic mass is 10.0. The first-order chi connectivity index (χ1) is 12.4. The molecule has 5 heteroatoms. The summed E-state index contributed by atoms with van der Waals surface area (Å²) in [5, 5.41) is 2.77. The Labute approximate surface area is 155 Å². The number of rotatable bonds is 4. The van der Waals surface area contributed by atoms with Gasteiger partial charge in [-0.2, -0.15) is 0 Å². The van der Waals surface area contributed by atoms with E-state index in [1.165, 1.54) is 11.1 Å². The van der Waals surface area contributed by atoms with Crippen molar-refractivity contribution >= 4 is 6.09 Å². The Balaban J connectivity index is 1.56. The molecule has 138 valence electrons. The van der Waals surface area contributed by atoms with E-state index in [1.807, 2.05) is 32.9 Å². The first-order valence-electron chi connectivity index (χ1n) is 9.10. The van der Waals surface area contributed by atoms with Gasteiger partial charge in [-0.05, 0) is 38.0 Å². The SMILES string of the molecule is CC(C)(C)OC(=O)NCc1ccc2c(n1)CCN(Cc1ccccc1)C2. The van der Waals surface area contributed by atoms with Crippen LogP contribution in [0.1, 0.15) is 43.3 Å². The third-order valence-electron chi connectivity index (χ3n) is 4.25. The van der Waals surface area contributed by atoms with Crippen LogP contribution in [0.3, 0.4) is 0 Å². The second kappa shape index (κ2) is 7.87. The van der Waals surface area contributed by atoms with Crippen LogP contribution in [0.2, 0.25) is 0 Å². The Morgan fingerprint density at radius 2 is 1.96 bits per heavy atom. The molecule has 0 bridgehead atoms. The van der Waals surface area contributed by atoms with Crippen LogP contribution in [0.4, 0.5) is 4.79 Å². The van der Waals surface area contributed by atoms with Gasteiger partial charge < -0.3 is 10.1 Å². The van der Waals surface area contributed by atoms with Crippen LogP contribution < -0.4 is 5.32 Å². The summed E-state index contributed by atoms with van der Waals surface area (Å²) in [7, 11) is 0. The van der Waals surface area contributed by atoms with Gasteiger partial charge >= 0.3 is 6.09 Å². The Morgan fingerprint density at radius 1 is 1.19 bits per heavy atom. The normalized spacial score (nSPS) is 14.6. The van der Waals surface area contributed by atoms with E-state index in [1.54, 1.807) is 0 Å². The molecule has 1 aliphatic rings. The van der Waals surface area contributed by atoms with E-state index in [0.29, 0.717) is 6.54 Å². The topological polar surface area (TPSA) is 54.5 Å². The van der Waals surface area contributed by atoms with Crippen molar-refractivity contribution in [2.75, 3.05) is 6.54 Å². The van der Waals surface area contributed by atoms with Gasteiger partial charge in [0.05, 0.1) is 12.2 Å². The van der Waals surface area contributed by atoms with E-state index < -0.39 is 11.7 Å². The molecule has 2 aromatic rings. The van der Waals surface area contributed by atoms with Crippen molar-refractivity contribution < 1.29 is 9.53 Å². The van der Waals surface area contributed by atoms with Crippen LogP contribution in [0.25, 0.3) is 0 Å². The lowest BCUT2D eigenvalue weighted by Crippen LogP contribution is -2.33. The summed E-state index contributed by atoms with van der Waals surface area (Å²) in [4.78, 5) is 18.9. The summed E-state index contributed by atoms with van der Waals surface area (Å²) in [5.74, 6) is 0. The minimum absolute atomic E-state index is 0.385. The van der Waals surface area contributed by atoms with E-state index >= 15 is 0 Å². The molecule has 5 nitrogen and oxygen atoms in total. The number of fused-ring (bicyclic) bond motifs is 1. The van der Waals surface area contributed by atoms with E-state index in [4.69, 9.17) is 9.72 Å². The van der Waals surface area contributed by atoms with E-state index in [9.17, 15) is 4.79 Å². The minimum Gasteiger partial charge on any atom is -0.444 e. The number of hydrogen-bond acceptors (Lipinski definition) is 4. The fourth-order valence-corrected chi connectivity index (χ4v) is 3.07. The monoisotopic (exact) mass is 353 g/mol. The number of carbonyl (C=O) groups excluding carboxylic acids is 1. The van der Waals surface area contributed by atoms with Gasteiger partial charge in [0.1, 0.15) is 5.60 Å². The van der Waals surface area contributed by atoms with E-state index in [0.717, 1.165) is 37.4 Å². The number of hydrogen-bond donors (Lipinski definition) is 1. The summed E-state index contributed by atoms with van der Waals surface area (Å²) >= 11 is 0. The van der Waals surface area contributed by atoms with Crippen molar-refractivity contribution in [3.05, 3.63) is 65.0 Å². The van der Waals surface area contributed by atoms with Crippen molar-refractivity contribution in [3.8, 4) is 0 Å². The molecule has 1 aliphatic heterocycles. The van der Waals surface area contributed by atoms with Gasteiger partial charge in [-0.1, -0.05) is 36.4 Å². The largest absolute Gasteiger partial charge is 0.444 e. The second-order valence-corrected chi connectivity index (χ2v) is 7.71. The molecule has 1 N–H and O–H groups in total. The van der Waals surface area contributed by atoms with Crippen molar-refractivity contribution in [2.45, 2.75) is 52.4 Å². The first-order valence-corrected chi connectivity index (χ1v) is 9.10. The lowest BCUT2D eigenvalue weighted by molar-refractivity contribution is 0.0523. The number of carbonyl (C=O) groups is 1. The maximum Gasteiger partial charge on any atom is 0.407 e. The van der Waals surface area contributed by atoms with E-state index in [2.05, 4.69) is 40.5 Å². The molecule has 0 atom stereocenters. The Bertz CT molecular complexity index is 754. The zero-order valence-electron chi connectivity index (χ0n) is 15.8. The van der Waals surface area contributed by atoms with Crippen molar-refractivity contribution in [1.82, 2.24) is 15.2 Å². The van der Waals surface area contributed by atoms with Gasteiger partial charge in [-0.25, -0.2) is 4.79 Å². The molecule has 0 radical (unpaired) electrons. The van der Waals surface area contributed by atoms with E-state index in [-0.39, 0.29) is 0 Å². The molecule has 0 saturated carbocycles.